The zero-order valence-electron chi connectivity index (χ0n) is 20.4. The van der Waals surface area contributed by atoms with Crippen molar-refractivity contribution in [3.8, 4) is 11.1 Å². The Morgan fingerprint density at radius 1 is 1.17 bits per heavy atom. The maximum atomic E-state index is 13.7. The van der Waals surface area contributed by atoms with Gasteiger partial charge in [-0.1, -0.05) is 42.5 Å². The molecule has 1 saturated carbocycles. The fourth-order valence-electron chi connectivity index (χ4n) is 3.51. The van der Waals surface area contributed by atoms with Gasteiger partial charge in [0.15, 0.2) is 0 Å². The molecule has 4 heteroatoms. The van der Waals surface area contributed by atoms with Crippen molar-refractivity contribution in [2.24, 2.45) is 0 Å². The average molecular weight is 390 g/mol. The molecule has 0 spiro atoms. The largest absolute Gasteiger partial charge is 0.455 e. The third-order valence-corrected chi connectivity index (χ3v) is 4.92. The van der Waals surface area contributed by atoms with Crippen LogP contribution in [-0.2, 0) is 9.53 Å². The van der Waals surface area contributed by atoms with E-state index in [9.17, 15) is 9.18 Å². The molecule has 1 atom stereocenters. The first-order valence-electron chi connectivity index (χ1n) is 11.8. The normalized spacial score (nSPS) is 26.2. The minimum absolute atomic E-state index is 0.0607. The molecule has 1 aromatic heterocycles. The number of fused-ring (bicyclic) bond motifs is 1. The number of hydrogen-bond donors (Lipinski definition) is 0. The number of halogens is 1. The Labute approximate surface area is 175 Å². The van der Waals surface area contributed by atoms with Gasteiger partial charge in [0.25, 0.3) is 0 Å². The molecule has 1 fully saturated rings. The maximum absolute atomic E-state index is 13.7. The highest BCUT2D eigenvalue weighted by Crippen LogP contribution is 2.45. The summed E-state index contributed by atoms with van der Waals surface area (Å²) < 4.78 is 60.7. The molecule has 1 aliphatic heterocycles. The van der Waals surface area contributed by atoms with Gasteiger partial charge in [0.1, 0.15) is 11.9 Å². The van der Waals surface area contributed by atoms with E-state index in [1.54, 1.807) is 42.5 Å². The number of carbonyl (C=O) groups excluding carboxylic acids is 1. The van der Waals surface area contributed by atoms with E-state index >= 15 is 0 Å². The van der Waals surface area contributed by atoms with E-state index in [4.69, 9.17) is 11.6 Å². The number of benzene rings is 2. The van der Waals surface area contributed by atoms with E-state index in [1.165, 1.54) is 18.2 Å². The van der Waals surface area contributed by atoms with Crippen molar-refractivity contribution in [1.29, 1.82) is 0 Å². The highest BCUT2D eigenvalue weighted by Gasteiger charge is 2.29. The van der Waals surface area contributed by atoms with Crippen molar-refractivity contribution in [1.82, 2.24) is 4.98 Å². The summed E-state index contributed by atoms with van der Waals surface area (Å²) in [6, 6.07) is 12.9. The van der Waals surface area contributed by atoms with Gasteiger partial charge in [-0.05, 0) is 42.6 Å². The number of ether oxygens (including phenoxy) is 1. The van der Waals surface area contributed by atoms with E-state index in [0.29, 0.717) is 34.0 Å². The summed E-state index contributed by atoms with van der Waals surface area (Å²) in [7, 11) is 0. The second-order valence-electron chi connectivity index (χ2n) is 6.87. The molecule has 0 amide bonds. The van der Waals surface area contributed by atoms with Crippen molar-refractivity contribution in [3.63, 3.8) is 0 Å². The fraction of sp³-hybridized carbons (Fsp3) is 0.200. The summed E-state index contributed by atoms with van der Waals surface area (Å²) in [5, 5.41) is 0.684. The summed E-state index contributed by atoms with van der Waals surface area (Å²) in [4.78, 5) is 16.2. The van der Waals surface area contributed by atoms with Gasteiger partial charge in [0.05, 0.1) is 11.2 Å². The van der Waals surface area contributed by atoms with Crippen LogP contribution in [0.3, 0.4) is 0 Å². The predicted octanol–water partition coefficient (Wildman–Crippen LogP) is 5.80. The lowest BCUT2D eigenvalue weighted by atomic mass is 9.92. The van der Waals surface area contributed by atoms with Gasteiger partial charge in [-0.25, -0.2) is 9.18 Å². The van der Waals surface area contributed by atoms with Gasteiger partial charge in [0, 0.05) is 41.8 Å². The summed E-state index contributed by atoms with van der Waals surface area (Å²) >= 11 is 0. The van der Waals surface area contributed by atoms with Gasteiger partial charge < -0.3 is 4.74 Å². The number of aromatic nitrogens is 1. The van der Waals surface area contributed by atoms with Crippen LogP contribution >= 0.6 is 0 Å². The molecule has 0 bridgehead atoms. The summed E-state index contributed by atoms with van der Waals surface area (Å²) in [5.74, 6) is -3.17. The Hall–Kier alpha value is -3.27. The standard InChI is InChI=1S/C25H20FNO2/c26-18-12-10-16(11-13-18)24-20-5-1-2-6-22(20)27-25(17-8-9-17)21(24)15-14-19-4-3-7-23(28)29-19/h1-3,5-7,10-15,17,19H,4,8-9H2/b15-14+/t19-/m0/s1/i8D2,9D2,17D. The fourth-order valence-corrected chi connectivity index (χ4v) is 3.51. The first-order valence-corrected chi connectivity index (χ1v) is 9.32. The number of hydrogen-bond acceptors (Lipinski definition) is 3. The lowest BCUT2D eigenvalue weighted by molar-refractivity contribution is -0.141. The topological polar surface area (TPSA) is 39.2 Å². The number of esters is 1. The van der Waals surface area contributed by atoms with Crippen LogP contribution < -0.4 is 0 Å². The Balaban J connectivity index is 1.80. The van der Waals surface area contributed by atoms with Crippen molar-refractivity contribution in [3.05, 3.63) is 83.8 Å². The molecule has 5 rings (SSSR count). The van der Waals surface area contributed by atoms with Crippen molar-refractivity contribution >= 4 is 22.9 Å². The van der Waals surface area contributed by atoms with E-state index in [0.717, 1.165) is 0 Å². The van der Waals surface area contributed by atoms with Gasteiger partial charge in [0.2, 0.25) is 0 Å². The Bertz CT molecular complexity index is 1350. The molecule has 0 saturated heterocycles. The second-order valence-corrected chi connectivity index (χ2v) is 6.87. The number of rotatable bonds is 4. The Morgan fingerprint density at radius 3 is 2.72 bits per heavy atom. The van der Waals surface area contributed by atoms with Crippen LogP contribution in [0, 0.1) is 5.82 Å². The number of para-hydroxylation sites is 1. The highest BCUT2D eigenvalue weighted by molar-refractivity contribution is 5.99. The first-order chi connectivity index (χ1) is 16.1. The van der Waals surface area contributed by atoms with Gasteiger partial charge in [-0.15, -0.1) is 0 Å². The van der Waals surface area contributed by atoms with Crippen LogP contribution in [0.25, 0.3) is 28.1 Å². The summed E-state index contributed by atoms with van der Waals surface area (Å²) in [5.41, 5.74) is 1.91. The lowest BCUT2D eigenvalue weighted by Crippen LogP contribution is -2.17. The minimum atomic E-state index is -2.47. The van der Waals surface area contributed by atoms with Crippen LogP contribution in [0.5, 0.6) is 0 Å². The smallest absolute Gasteiger partial charge is 0.331 e. The second kappa shape index (κ2) is 7.28. The molecular weight excluding hydrogens is 365 g/mol. The monoisotopic (exact) mass is 390 g/mol. The van der Waals surface area contributed by atoms with Crippen LogP contribution in [0.15, 0.2) is 66.8 Å². The molecule has 2 heterocycles. The van der Waals surface area contributed by atoms with Crippen molar-refractivity contribution in [2.45, 2.75) is 31.2 Å². The molecule has 0 N–H and O–H groups in total. The maximum Gasteiger partial charge on any atom is 0.331 e. The van der Waals surface area contributed by atoms with Gasteiger partial charge >= 0.3 is 5.97 Å². The summed E-state index contributed by atoms with van der Waals surface area (Å²) in [6.07, 6.45) is 1.17. The molecule has 144 valence electrons. The number of nitrogens with zero attached hydrogens (tertiary/aromatic N) is 1. The molecule has 3 nitrogen and oxygen atoms in total. The molecule has 0 radical (unpaired) electrons. The Morgan fingerprint density at radius 2 is 1.97 bits per heavy atom. The van der Waals surface area contributed by atoms with Crippen LogP contribution in [0.2, 0.25) is 0 Å². The zero-order valence-corrected chi connectivity index (χ0v) is 15.4. The predicted molar refractivity (Wildman–Crippen MR) is 112 cm³/mol. The molecule has 0 unspecified atom stereocenters. The van der Waals surface area contributed by atoms with E-state index in [-0.39, 0.29) is 5.69 Å². The highest BCUT2D eigenvalue weighted by atomic mass is 19.1. The molecule has 3 aromatic rings. The lowest BCUT2D eigenvalue weighted by Gasteiger charge is -2.17. The van der Waals surface area contributed by atoms with Crippen LogP contribution in [0.1, 0.15) is 43.2 Å². The third kappa shape index (κ3) is 3.58. The quantitative estimate of drug-likeness (QED) is 0.528. The van der Waals surface area contributed by atoms with Gasteiger partial charge in [-0.3, -0.25) is 4.98 Å². The van der Waals surface area contributed by atoms with Crippen molar-refractivity contribution in [2.75, 3.05) is 0 Å². The number of carbonyl (C=O) groups is 1. The van der Waals surface area contributed by atoms with E-state index < -0.39 is 36.5 Å². The Kier molecular flexibility index (Phi) is 3.28. The number of cyclic esters (lactones) is 1. The molecule has 2 aromatic carbocycles. The average Bonchev–Trinajstić information content (AvgIpc) is 3.13. The van der Waals surface area contributed by atoms with Crippen LogP contribution in [-0.4, -0.2) is 17.1 Å². The summed E-state index contributed by atoms with van der Waals surface area (Å²) in [6.45, 7) is 0. The third-order valence-electron chi connectivity index (χ3n) is 4.92. The molecular formula is C25H20FNO2. The number of pyridine rings is 1. The van der Waals surface area contributed by atoms with E-state index in [1.807, 2.05) is 12.1 Å². The van der Waals surface area contributed by atoms with Crippen LogP contribution in [0.4, 0.5) is 4.39 Å². The zero-order chi connectivity index (χ0) is 24.3. The van der Waals surface area contributed by atoms with Gasteiger partial charge in [-0.2, -0.15) is 0 Å². The van der Waals surface area contributed by atoms with Crippen molar-refractivity contribution < 1.29 is 20.8 Å². The molecule has 2 aliphatic rings. The first kappa shape index (κ1) is 13.0. The van der Waals surface area contributed by atoms with E-state index in [2.05, 4.69) is 4.98 Å². The molecule has 29 heavy (non-hydrogen) atoms. The molecule has 1 aliphatic carbocycles. The minimum Gasteiger partial charge on any atom is -0.455 e. The SMILES string of the molecule is [2H]C1([2H])C([2H])([2H])C1([2H])c1nc2ccccc2c(-c2ccc(F)cc2)c1/C=C/[C@@H]1CC=CC(=O)O1.